The molecule has 1 aliphatic rings. The number of carbonyl (C=O) groups is 1. The van der Waals surface area contributed by atoms with Crippen LogP contribution < -0.4 is 0 Å². The number of hydrogen-bond donors (Lipinski definition) is 0. The number of nitrogens with zero attached hydrogens (tertiary/aromatic N) is 2. The van der Waals surface area contributed by atoms with E-state index in [2.05, 4.69) is 29.2 Å². The third kappa shape index (κ3) is 4.35. The molecule has 1 fully saturated rings. The molecule has 0 spiro atoms. The van der Waals surface area contributed by atoms with Gasteiger partial charge in [0.25, 0.3) is 0 Å². The molecule has 0 aliphatic carbocycles. The molecule has 1 radical (unpaired) electrons. The Kier molecular flexibility index (Phi) is 4.97. The summed E-state index contributed by atoms with van der Waals surface area (Å²) in [5, 5.41) is 0. The Morgan fingerprint density at radius 2 is 1.68 bits per heavy atom. The van der Waals surface area contributed by atoms with E-state index in [1.54, 1.807) is 0 Å². The molecule has 3 heteroatoms. The predicted molar refractivity (Wildman–Crippen MR) is 77.5 cm³/mol. The summed E-state index contributed by atoms with van der Waals surface area (Å²) < 4.78 is 0. The van der Waals surface area contributed by atoms with Crippen LogP contribution in [0.1, 0.15) is 25.8 Å². The van der Waals surface area contributed by atoms with Crippen molar-refractivity contribution in [3.05, 3.63) is 41.8 Å². The van der Waals surface area contributed by atoms with Crippen molar-refractivity contribution in [2.75, 3.05) is 26.2 Å². The maximum Gasteiger partial charge on any atom is 0.223 e. The largest absolute Gasteiger partial charge is 0.340 e. The van der Waals surface area contributed by atoms with Gasteiger partial charge in [-0.2, -0.15) is 0 Å². The van der Waals surface area contributed by atoms with Crippen LogP contribution in [0.5, 0.6) is 0 Å². The highest BCUT2D eigenvalue weighted by Crippen LogP contribution is 2.11. The number of benzene rings is 1. The normalized spacial score (nSPS) is 16.9. The maximum absolute atomic E-state index is 12.0. The molecule has 103 valence electrons. The Balaban J connectivity index is 1.78. The van der Waals surface area contributed by atoms with Gasteiger partial charge in [-0.15, -0.1) is 0 Å². The topological polar surface area (TPSA) is 23.6 Å². The van der Waals surface area contributed by atoms with Crippen molar-refractivity contribution in [1.82, 2.24) is 9.80 Å². The Morgan fingerprint density at radius 3 is 2.26 bits per heavy atom. The number of piperazine rings is 1. The zero-order valence-corrected chi connectivity index (χ0v) is 11.9. The first kappa shape index (κ1) is 14.1. The van der Waals surface area contributed by atoms with Crippen molar-refractivity contribution in [3.63, 3.8) is 0 Å². The number of carbonyl (C=O) groups excluding carboxylic acids is 1. The average molecular weight is 259 g/mol. The van der Waals surface area contributed by atoms with Crippen molar-refractivity contribution >= 4 is 5.91 Å². The van der Waals surface area contributed by atoms with Gasteiger partial charge >= 0.3 is 0 Å². The fraction of sp³-hybridized carbons (Fsp3) is 0.500. The summed E-state index contributed by atoms with van der Waals surface area (Å²) in [6.07, 6.45) is 0.596. The lowest BCUT2D eigenvalue weighted by atomic mass is 10.1. The molecule has 0 atom stereocenters. The van der Waals surface area contributed by atoms with E-state index in [1.165, 1.54) is 11.5 Å². The number of hydrogen-bond acceptors (Lipinski definition) is 2. The van der Waals surface area contributed by atoms with E-state index in [9.17, 15) is 4.79 Å². The van der Waals surface area contributed by atoms with Crippen LogP contribution >= 0.6 is 0 Å². The molecular weight excluding hydrogens is 236 g/mol. The van der Waals surface area contributed by atoms with Gasteiger partial charge in [0.2, 0.25) is 5.91 Å². The van der Waals surface area contributed by atoms with Gasteiger partial charge in [-0.1, -0.05) is 44.2 Å². The highest BCUT2D eigenvalue weighted by molar-refractivity contribution is 5.78. The Labute approximate surface area is 116 Å². The summed E-state index contributed by atoms with van der Waals surface area (Å²) in [5.41, 5.74) is 1.35. The van der Waals surface area contributed by atoms with Gasteiger partial charge in [-0.25, -0.2) is 0 Å². The summed E-state index contributed by atoms with van der Waals surface area (Å²) >= 11 is 0. The van der Waals surface area contributed by atoms with Crippen LogP contribution in [-0.2, 0) is 11.3 Å². The smallest absolute Gasteiger partial charge is 0.223 e. The Hall–Kier alpha value is -1.35. The van der Waals surface area contributed by atoms with Gasteiger partial charge < -0.3 is 4.90 Å². The van der Waals surface area contributed by atoms with Crippen molar-refractivity contribution in [3.8, 4) is 0 Å². The summed E-state index contributed by atoms with van der Waals surface area (Å²) in [6.45, 7) is 8.69. The predicted octanol–water partition coefficient (Wildman–Crippen LogP) is 2.34. The molecule has 1 aliphatic heterocycles. The quantitative estimate of drug-likeness (QED) is 0.828. The zero-order valence-electron chi connectivity index (χ0n) is 11.9. The van der Waals surface area contributed by atoms with E-state index in [0.717, 1.165) is 32.7 Å². The lowest BCUT2D eigenvalue weighted by Gasteiger charge is -2.35. The minimum Gasteiger partial charge on any atom is -0.340 e. The van der Waals surface area contributed by atoms with Gasteiger partial charge in [0.1, 0.15) is 0 Å². The molecule has 0 N–H and O–H groups in total. The van der Waals surface area contributed by atoms with Crippen LogP contribution in [0.25, 0.3) is 0 Å². The molecule has 1 heterocycles. The van der Waals surface area contributed by atoms with E-state index in [0.29, 0.717) is 6.42 Å². The molecule has 1 amide bonds. The molecule has 0 saturated carbocycles. The lowest BCUT2D eigenvalue weighted by molar-refractivity contribution is -0.132. The molecule has 2 rings (SSSR count). The van der Waals surface area contributed by atoms with E-state index < -0.39 is 0 Å². The van der Waals surface area contributed by atoms with Crippen molar-refractivity contribution in [2.24, 2.45) is 0 Å². The van der Waals surface area contributed by atoms with Gasteiger partial charge in [0.15, 0.2) is 0 Å². The summed E-state index contributed by atoms with van der Waals surface area (Å²) in [6, 6.07) is 10.5. The minimum absolute atomic E-state index is 0.277. The van der Waals surface area contributed by atoms with E-state index in [4.69, 9.17) is 0 Å². The fourth-order valence-electron chi connectivity index (χ4n) is 2.41. The van der Waals surface area contributed by atoms with Crippen molar-refractivity contribution in [2.45, 2.75) is 26.8 Å². The molecule has 3 nitrogen and oxygen atoms in total. The van der Waals surface area contributed by atoms with Crippen LogP contribution in [-0.4, -0.2) is 41.9 Å². The highest BCUT2D eigenvalue weighted by atomic mass is 16.2. The molecule has 0 bridgehead atoms. The number of rotatable bonds is 4. The standard InChI is InChI=1S/C16H23N2O/c1-14(2)12-16(19)18-10-8-17(9-11-18)13-15-6-4-3-5-7-15/h3-7H,8-13H2,1-2H3. The monoisotopic (exact) mass is 259 g/mol. The van der Waals surface area contributed by atoms with Crippen molar-refractivity contribution in [1.29, 1.82) is 0 Å². The van der Waals surface area contributed by atoms with Crippen LogP contribution in [0.3, 0.4) is 0 Å². The van der Waals surface area contributed by atoms with E-state index in [1.807, 2.05) is 24.8 Å². The first-order valence-electron chi connectivity index (χ1n) is 6.98. The van der Waals surface area contributed by atoms with Crippen LogP contribution in [0.4, 0.5) is 0 Å². The fourth-order valence-corrected chi connectivity index (χ4v) is 2.41. The summed E-state index contributed by atoms with van der Waals surface area (Å²) in [4.78, 5) is 16.4. The van der Waals surface area contributed by atoms with E-state index in [-0.39, 0.29) is 5.91 Å². The van der Waals surface area contributed by atoms with Gasteiger partial charge in [0.05, 0.1) is 0 Å². The van der Waals surface area contributed by atoms with Gasteiger partial charge in [0, 0.05) is 39.1 Å². The third-order valence-corrected chi connectivity index (χ3v) is 3.48. The van der Waals surface area contributed by atoms with Crippen LogP contribution in [0, 0.1) is 5.92 Å². The minimum atomic E-state index is 0.277. The van der Waals surface area contributed by atoms with Gasteiger partial charge in [-0.05, 0) is 11.5 Å². The summed E-state index contributed by atoms with van der Waals surface area (Å²) in [7, 11) is 0. The Morgan fingerprint density at radius 1 is 1.05 bits per heavy atom. The Bertz CT molecular complexity index is 394. The SMILES string of the molecule is C[C](C)CC(=O)N1CCN(Cc2ccccc2)CC1. The molecule has 1 aromatic carbocycles. The van der Waals surface area contributed by atoms with Crippen LogP contribution in [0.15, 0.2) is 30.3 Å². The molecular formula is C16H23N2O. The first-order chi connectivity index (χ1) is 9.15. The van der Waals surface area contributed by atoms with Gasteiger partial charge in [-0.3, -0.25) is 9.69 Å². The van der Waals surface area contributed by atoms with Crippen LogP contribution in [0.2, 0.25) is 0 Å². The average Bonchev–Trinajstić information content (AvgIpc) is 2.40. The second kappa shape index (κ2) is 6.71. The second-order valence-electron chi connectivity index (χ2n) is 5.53. The molecule has 0 aromatic heterocycles. The molecule has 0 unspecified atom stereocenters. The van der Waals surface area contributed by atoms with E-state index >= 15 is 0 Å². The third-order valence-electron chi connectivity index (χ3n) is 3.48. The zero-order chi connectivity index (χ0) is 13.7. The second-order valence-corrected chi connectivity index (χ2v) is 5.53. The maximum atomic E-state index is 12.0. The summed E-state index contributed by atoms with van der Waals surface area (Å²) in [5.74, 6) is 1.47. The number of amides is 1. The lowest BCUT2D eigenvalue weighted by Crippen LogP contribution is -2.48. The molecule has 1 aromatic rings. The van der Waals surface area contributed by atoms with Crippen molar-refractivity contribution < 1.29 is 4.79 Å². The highest BCUT2D eigenvalue weighted by Gasteiger charge is 2.21. The molecule has 19 heavy (non-hydrogen) atoms. The first-order valence-corrected chi connectivity index (χ1v) is 6.98. The molecule has 1 saturated heterocycles.